The van der Waals surface area contributed by atoms with Gasteiger partial charge in [0.1, 0.15) is 0 Å². The van der Waals surface area contributed by atoms with Crippen LogP contribution in [-0.4, -0.2) is 22.9 Å². The summed E-state index contributed by atoms with van der Waals surface area (Å²) >= 11 is 0. The van der Waals surface area contributed by atoms with Gasteiger partial charge in [-0.3, -0.25) is 9.59 Å². The molecule has 2 aromatic carbocycles. The molecule has 0 saturated heterocycles. The van der Waals surface area contributed by atoms with Crippen LogP contribution in [0.2, 0.25) is 0 Å². The number of amides is 2. The quantitative estimate of drug-likeness (QED) is 0.808. The van der Waals surface area contributed by atoms with Gasteiger partial charge in [-0.05, 0) is 48.0 Å². The molecule has 3 N–H and O–H groups in total. The molecule has 0 radical (unpaired) electrons. The standard InChI is InChI=1S/C16H12N2O4/c19-14-8-11-7-10(3-6-13(11)18-14)15(20)17-12-4-1-9(2-5-12)16(21)22/h1-7H,8H2,(H,17,20)(H,18,19)(H,21,22). The molecule has 0 saturated carbocycles. The fourth-order valence-electron chi connectivity index (χ4n) is 2.27. The lowest BCUT2D eigenvalue weighted by molar-refractivity contribution is -0.115. The lowest BCUT2D eigenvalue weighted by Crippen LogP contribution is -2.12. The summed E-state index contributed by atoms with van der Waals surface area (Å²) in [6.45, 7) is 0. The molecule has 6 nitrogen and oxygen atoms in total. The Labute approximate surface area is 125 Å². The van der Waals surface area contributed by atoms with Crippen molar-refractivity contribution in [1.82, 2.24) is 0 Å². The van der Waals surface area contributed by atoms with Gasteiger partial charge >= 0.3 is 5.97 Å². The summed E-state index contributed by atoms with van der Waals surface area (Å²) in [4.78, 5) is 34.3. The first-order chi connectivity index (χ1) is 10.5. The number of benzene rings is 2. The highest BCUT2D eigenvalue weighted by atomic mass is 16.4. The van der Waals surface area contributed by atoms with Gasteiger partial charge in [0.15, 0.2) is 0 Å². The maximum atomic E-state index is 12.2. The molecule has 0 fully saturated rings. The molecule has 1 heterocycles. The number of carboxylic acids is 1. The third kappa shape index (κ3) is 2.67. The van der Waals surface area contributed by atoms with E-state index in [2.05, 4.69) is 10.6 Å². The van der Waals surface area contributed by atoms with E-state index >= 15 is 0 Å². The minimum absolute atomic E-state index is 0.0863. The van der Waals surface area contributed by atoms with Gasteiger partial charge in [0.25, 0.3) is 5.91 Å². The van der Waals surface area contributed by atoms with Gasteiger partial charge in [-0.15, -0.1) is 0 Å². The number of hydrogen-bond donors (Lipinski definition) is 3. The van der Waals surface area contributed by atoms with Crippen molar-refractivity contribution in [2.75, 3.05) is 10.6 Å². The Balaban J connectivity index is 1.76. The molecule has 2 amide bonds. The molecular formula is C16H12N2O4. The summed E-state index contributed by atoms with van der Waals surface area (Å²) < 4.78 is 0. The summed E-state index contributed by atoms with van der Waals surface area (Å²) in [7, 11) is 0. The zero-order valence-corrected chi connectivity index (χ0v) is 11.4. The van der Waals surface area contributed by atoms with Crippen LogP contribution in [0.5, 0.6) is 0 Å². The minimum Gasteiger partial charge on any atom is -0.478 e. The van der Waals surface area contributed by atoms with E-state index in [9.17, 15) is 14.4 Å². The third-order valence-electron chi connectivity index (χ3n) is 3.38. The molecule has 6 heteroatoms. The second-order valence-corrected chi connectivity index (χ2v) is 4.93. The van der Waals surface area contributed by atoms with Crippen LogP contribution >= 0.6 is 0 Å². The predicted molar refractivity (Wildman–Crippen MR) is 80.1 cm³/mol. The minimum atomic E-state index is -1.02. The van der Waals surface area contributed by atoms with E-state index in [1.807, 2.05) is 0 Å². The van der Waals surface area contributed by atoms with Crippen molar-refractivity contribution in [3.63, 3.8) is 0 Å². The largest absolute Gasteiger partial charge is 0.478 e. The molecular weight excluding hydrogens is 284 g/mol. The van der Waals surface area contributed by atoms with Gasteiger partial charge in [-0.1, -0.05) is 0 Å². The van der Waals surface area contributed by atoms with Crippen LogP contribution in [0, 0.1) is 0 Å². The Morgan fingerprint density at radius 1 is 1.05 bits per heavy atom. The summed E-state index contributed by atoms with van der Waals surface area (Å²) in [6.07, 6.45) is 0.268. The lowest BCUT2D eigenvalue weighted by atomic mass is 10.1. The Morgan fingerprint density at radius 3 is 2.41 bits per heavy atom. The zero-order valence-electron chi connectivity index (χ0n) is 11.4. The average molecular weight is 296 g/mol. The van der Waals surface area contributed by atoms with E-state index in [-0.39, 0.29) is 23.8 Å². The molecule has 1 aliphatic rings. The molecule has 0 atom stereocenters. The van der Waals surface area contributed by atoms with E-state index < -0.39 is 5.97 Å². The average Bonchev–Trinajstić information content (AvgIpc) is 2.86. The molecule has 0 bridgehead atoms. The highest BCUT2D eigenvalue weighted by molar-refractivity contribution is 6.06. The second kappa shape index (κ2) is 5.33. The first-order valence-electron chi connectivity index (χ1n) is 6.60. The number of hydrogen-bond acceptors (Lipinski definition) is 3. The van der Waals surface area contributed by atoms with E-state index in [4.69, 9.17) is 5.11 Å². The van der Waals surface area contributed by atoms with Crippen LogP contribution in [0.3, 0.4) is 0 Å². The van der Waals surface area contributed by atoms with Crippen molar-refractivity contribution in [2.45, 2.75) is 6.42 Å². The second-order valence-electron chi connectivity index (χ2n) is 4.93. The fourth-order valence-corrected chi connectivity index (χ4v) is 2.27. The summed E-state index contributed by atoms with van der Waals surface area (Å²) in [5.41, 5.74) is 2.62. The van der Waals surface area contributed by atoms with Crippen LogP contribution in [0.15, 0.2) is 42.5 Å². The van der Waals surface area contributed by atoms with Crippen LogP contribution in [0.4, 0.5) is 11.4 Å². The molecule has 0 aliphatic carbocycles. The topological polar surface area (TPSA) is 95.5 Å². The Morgan fingerprint density at radius 2 is 1.73 bits per heavy atom. The molecule has 0 aromatic heterocycles. The fraction of sp³-hybridized carbons (Fsp3) is 0.0625. The van der Waals surface area contributed by atoms with Crippen molar-refractivity contribution >= 4 is 29.2 Å². The normalized spacial score (nSPS) is 12.5. The molecule has 3 rings (SSSR count). The Kier molecular flexibility index (Phi) is 3.34. The Bertz CT molecular complexity index is 781. The molecule has 22 heavy (non-hydrogen) atoms. The number of fused-ring (bicyclic) bond motifs is 1. The third-order valence-corrected chi connectivity index (χ3v) is 3.38. The van der Waals surface area contributed by atoms with Gasteiger partial charge in [0.05, 0.1) is 12.0 Å². The summed E-state index contributed by atoms with van der Waals surface area (Å²) in [5.74, 6) is -1.42. The van der Waals surface area contributed by atoms with Crippen LogP contribution in [0.25, 0.3) is 0 Å². The number of rotatable bonds is 3. The number of nitrogens with one attached hydrogen (secondary N) is 2. The first-order valence-corrected chi connectivity index (χ1v) is 6.60. The maximum Gasteiger partial charge on any atom is 0.335 e. The maximum absolute atomic E-state index is 12.2. The van der Waals surface area contributed by atoms with Gasteiger partial charge in [0.2, 0.25) is 5.91 Å². The van der Waals surface area contributed by atoms with E-state index in [0.717, 1.165) is 11.3 Å². The van der Waals surface area contributed by atoms with Crippen molar-refractivity contribution in [3.05, 3.63) is 59.2 Å². The number of anilines is 2. The van der Waals surface area contributed by atoms with Crippen molar-refractivity contribution in [1.29, 1.82) is 0 Å². The molecule has 0 spiro atoms. The molecule has 2 aromatic rings. The van der Waals surface area contributed by atoms with Crippen LogP contribution in [-0.2, 0) is 11.2 Å². The van der Waals surface area contributed by atoms with Gasteiger partial charge < -0.3 is 15.7 Å². The lowest BCUT2D eigenvalue weighted by Gasteiger charge is -2.07. The van der Waals surface area contributed by atoms with E-state index in [1.54, 1.807) is 18.2 Å². The summed E-state index contributed by atoms with van der Waals surface area (Å²) in [6, 6.07) is 10.9. The van der Waals surface area contributed by atoms with Crippen molar-refractivity contribution in [2.24, 2.45) is 0 Å². The number of carbonyl (C=O) groups is 3. The van der Waals surface area contributed by atoms with Crippen molar-refractivity contribution < 1.29 is 19.5 Å². The van der Waals surface area contributed by atoms with Gasteiger partial charge in [-0.25, -0.2) is 4.79 Å². The SMILES string of the molecule is O=C1Cc2cc(C(=O)Nc3ccc(C(=O)O)cc3)ccc2N1. The van der Waals surface area contributed by atoms with Gasteiger partial charge in [0, 0.05) is 16.9 Å². The monoisotopic (exact) mass is 296 g/mol. The van der Waals surface area contributed by atoms with E-state index in [1.165, 1.54) is 24.3 Å². The first kappa shape index (κ1) is 13.8. The van der Waals surface area contributed by atoms with E-state index in [0.29, 0.717) is 11.3 Å². The number of aromatic carboxylic acids is 1. The molecule has 1 aliphatic heterocycles. The van der Waals surface area contributed by atoms with Gasteiger partial charge in [-0.2, -0.15) is 0 Å². The van der Waals surface area contributed by atoms with Crippen molar-refractivity contribution in [3.8, 4) is 0 Å². The number of carboxylic acid groups (broad SMARTS) is 1. The highest BCUT2D eigenvalue weighted by Crippen LogP contribution is 2.24. The van der Waals surface area contributed by atoms with Crippen LogP contribution < -0.4 is 10.6 Å². The Hall–Kier alpha value is -3.15. The smallest absolute Gasteiger partial charge is 0.335 e. The summed E-state index contributed by atoms with van der Waals surface area (Å²) in [5, 5.41) is 14.2. The number of carbonyl (C=O) groups excluding carboxylic acids is 2. The molecule has 0 unspecified atom stereocenters. The predicted octanol–water partition coefficient (Wildman–Crippen LogP) is 2.13. The highest BCUT2D eigenvalue weighted by Gasteiger charge is 2.19. The zero-order chi connectivity index (χ0) is 15.7. The molecule has 110 valence electrons. The van der Waals surface area contributed by atoms with Crippen LogP contribution in [0.1, 0.15) is 26.3 Å².